The highest BCUT2D eigenvalue weighted by atomic mass is 15.4. The largest absolute Gasteiger partial charge is 0.354 e. The zero-order chi connectivity index (χ0) is 15.7. The zero-order valence-electron chi connectivity index (χ0n) is 13.7. The number of rotatable bonds is 10. The summed E-state index contributed by atoms with van der Waals surface area (Å²) in [5, 5.41) is 3.25. The molecule has 0 aliphatic heterocycles. The topological polar surface area (TPSA) is 92.0 Å². The fraction of sp³-hybridized carbons (Fsp3) is 0.786. The van der Waals surface area contributed by atoms with Crippen LogP contribution in [-0.2, 0) is 0 Å². The molecular weight excluding hydrogens is 266 g/mol. The van der Waals surface area contributed by atoms with E-state index in [9.17, 15) is 0 Å². The molecule has 7 nitrogen and oxygen atoms in total. The molecule has 0 bridgehead atoms. The van der Waals surface area contributed by atoms with E-state index in [-0.39, 0.29) is 0 Å². The molecule has 0 atom stereocenters. The van der Waals surface area contributed by atoms with E-state index in [0.29, 0.717) is 17.8 Å². The number of nitrogens with zero attached hydrogens (tertiary/aromatic N) is 4. The van der Waals surface area contributed by atoms with E-state index >= 15 is 0 Å². The first-order valence-electron chi connectivity index (χ1n) is 7.82. The summed E-state index contributed by atoms with van der Waals surface area (Å²) in [5.74, 6) is 7.79. The van der Waals surface area contributed by atoms with Crippen LogP contribution in [0.25, 0.3) is 0 Å². The van der Waals surface area contributed by atoms with Gasteiger partial charge in [0.25, 0.3) is 0 Å². The number of hydrogen-bond acceptors (Lipinski definition) is 7. The van der Waals surface area contributed by atoms with Crippen molar-refractivity contribution in [2.24, 2.45) is 11.8 Å². The summed E-state index contributed by atoms with van der Waals surface area (Å²) in [6, 6.07) is 0. The van der Waals surface area contributed by atoms with Crippen LogP contribution in [0.2, 0.25) is 0 Å². The molecule has 21 heavy (non-hydrogen) atoms. The maximum Gasteiger partial charge on any atom is 0.243 e. The van der Waals surface area contributed by atoms with Gasteiger partial charge in [-0.25, -0.2) is 5.84 Å². The summed E-state index contributed by atoms with van der Waals surface area (Å²) in [5.41, 5.74) is 2.50. The first kappa shape index (κ1) is 17.4. The fourth-order valence-electron chi connectivity index (χ4n) is 2.03. The lowest BCUT2D eigenvalue weighted by Crippen LogP contribution is -2.26. The van der Waals surface area contributed by atoms with E-state index in [0.717, 1.165) is 32.0 Å². The van der Waals surface area contributed by atoms with E-state index in [1.54, 1.807) is 0 Å². The summed E-state index contributed by atoms with van der Waals surface area (Å²) in [4.78, 5) is 15.0. The quantitative estimate of drug-likeness (QED) is 0.346. The molecular formula is C14H29N7. The SMILES string of the molecule is CCN(CC)c1nc(NN)nc(NCCCCC(C)C)n1. The molecule has 0 unspecified atom stereocenters. The lowest BCUT2D eigenvalue weighted by Gasteiger charge is -2.19. The highest BCUT2D eigenvalue weighted by Gasteiger charge is 2.10. The Morgan fingerprint density at radius 2 is 1.71 bits per heavy atom. The van der Waals surface area contributed by atoms with Crippen molar-refractivity contribution in [3.05, 3.63) is 0 Å². The van der Waals surface area contributed by atoms with Gasteiger partial charge in [-0.2, -0.15) is 15.0 Å². The molecule has 0 aliphatic carbocycles. The number of aromatic nitrogens is 3. The highest BCUT2D eigenvalue weighted by Crippen LogP contribution is 2.13. The first-order valence-corrected chi connectivity index (χ1v) is 7.82. The predicted octanol–water partition coefficient (Wildman–Crippen LogP) is 2.24. The van der Waals surface area contributed by atoms with Crippen LogP contribution < -0.4 is 21.5 Å². The maximum atomic E-state index is 5.43. The summed E-state index contributed by atoms with van der Waals surface area (Å²) in [7, 11) is 0. The molecule has 4 N–H and O–H groups in total. The van der Waals surface area contributed by atoms with Crippen LogP contribution >= 0.6 is 0 Å². The van der Waals surface area contributed by atoms with Gasteiger partial charge in [-0.05, 0) is 26.2 Å². The van der Waals surface area contributed by atoms with Crippen LogP contribution in [0.15, 0.2) is 0 Å². The molecule has 1 aromatic heterocycles. The predicted molar refractivity (Wildman–Crippen MR) is 88.4 cm³/mol. The summed E-state index contributed by atoms with van der Waals surface area (Å²) >= 11 is 0. The molecule has 0 saturated heterocycles. The molecule has 0 aliphatic rings. The van der Waals surface area contributed by atoms with Crippen molar-refractivity contribution in [1.29, 1.82) is 0 Å². The molecule has 1 aromatic rings. The normalized spacial score (nSPS) is 10.8. The van der Waals surface area contributed by atoms with Crippen molar-refractivity contribution in [2.75, 3.05) is 35.3 Å². The molecule has 0 aromatic carbocycles. The Bertz CT molecular complexity index is 404. The van der Waals surface area contributed by atoms with Crippen LogP contribution in [-0.4, -0.2) is 34.6 Å². The van der Waals surface area contributed by atoms with Gasteiger partial charge in [-0.15, -0.1) is 0 Å². The number of nitrogen functional groups attached to an aromatic ring is 1. The van der Waals surface area contributed by atoms with Crippen LogP contribution in [0.1, 0.15) is 47.0 Å². The Morgan fingerprint density at radius 3 is 2.29 bits per heavy atom. The summed E-state index contributed by atoms with van der Waals surface area (Å²) in [6.45, 7) is 11.2. The van der Waals surface area contributed by atoms with Gasteiger partial charge in [0.05, 0.1) is 0 Å². The summed E-state index contributed by atoms with van der Waals surface area (Å²) in [6.07, 6.45) is 3.57. The Morgan fingerprint density at radius 1 is 1.05 bits per heavy atom. The maximum absolute atomic E-state index is 5.43. The average Bonchev–Trinajstić information content (AvgIpc) is 2.47. The second kappa shape index (κ2) is 9.33. The molecule has 1 rings (SSSR count). The Balaban J connectivity index is 2.62. The first-order chi connectivity index (χ1) is 10.1. The second-order valence-electron chi connectivity index (χ2n) is 5.42. The van der Waals surface area contributed by atoms with E-state index < -0.39 is 0 Å². The monoisotopic (exact) mass is 295 g/mol. The average molecular weight is 295 g/mol. The second-order valence-corrected chi connectivity index (χ2v) is 5.42. The van der Waals surface area contributed by atoms with Gasteiger partial charge >= 0.3 is 0 Å². The third kappa shape index (κ3) is 6.12. The highest BCUT2D eigenvalue weighted by molar-refractivity contribution is 5.43. The molecule has 0 spiro atoms. The number of hydrazine groups is 1. The smallest absolute Gasteiger partial charge is 0.243 e. The van der Waals surface area contributed by atoms with Gasteiger partial charge in [0.2, 0.25) is 17.8 Å². The van der Waals surface area contributed by atoms with Gasteiger partial charge in [0, 0.05) is 19.6 Å². The molecule has 0 fully saturated rings. The van der Waals surface area contributed by atoms with Crippen molar-refractivity contribution < 1.29 is 0 Å². The van der Waals surface area contributed by atoms with Crippen LogP contribution in [0.3, 0.4) is 0 Å². The van der Waals surface area contributed by atoms with Crippen LogP contribution in [0.5, 0.6) is 0 Å². The van der Waals surface area contributed by atoms with Crippen molar-refractivity contribution in [1.82, 2.24) is 15.0 Å². The van der Waals surface area contributed by atoms with Crippen molar-refractivity contribution in [3.8, 4) is 0 Å². The minimum Gasteiger partial charge on any atom is -0.354 e. The number of hydrogen-bond donors (Lipinski definition) is 3. The number of anilines is 3. The van der Waals surface area contributed by atoms with E-state index in [4.69, 9.17) is 5.84 Å². The molecule has 0 radical (unpaired) electrons. The lowest BCUT2D eigenvalue weighted by molar-refractivity contribution is 0.544. The molecule has 7 heteroatoms. The van der Waals surface area contributed by atoms with Gasteiger partial charge in [0.15, 0.2) is 0 Å². The van der Waals surface area contributed by atoms with Gasteiger partial charge < -0.3 is 10.2 Å². The van der Waals surface area contributed by atoms with Crippen LogP contribution in [0, 0.1) is 5.92 Å². The summed E-state index contributed by atoms with van der Waals surface area (Å²) < 4.78 is 0. The Labute approximate surface area is 127 Å². The van der Waals surface area contributed by atoms with E-state index in [2.05, 4.69) is 58.3 Å². The number of nitrogens with one attached hydrogen (secondary N) is 2. The Kier molecular flexibility index (Phi) is 7.74. The standard InChI is InChI=1S/C14H29N7/c1-5-21(6-2)14-18-12(17-13(19-14)20-15)16-10-8-7-9-11(3)4/h11H,5-10,15H2,1-4H3,(H2,16,17,18,19,20). The number of nitrogens with two attached hydrogens (primary N) is 1. The van der Waals surface area contributed by atoms with Crippen LogP contribution in [0.4, 0.5) is 17.8 Å². The van der Waals surface area contributed by atoms with Gasteiger partial charge in [-0.3, -0.25) is 5.43 Å². The van der Waals surface area contributed by atoms with Crippen molar-refractivity contribution in [2.45, 2.75) is 47.0 Å². The molecule has 1 heterocycles. The van der Waals surface area contributed by atoms with Gasteiger partial charge in [-0.1, -0.05) is 26.7 Å². The van der Waals surface area contributed by atoms with Gasteiger partial charge in [0.1, 0.15) is 0 Å². The van der Waals surface area contributed by atoms with E-state index in [1.807, 2.05) is 0 Å². The number of unbranched alkanes of at least 4 members (excludes halogenated alkanes) is 1. The molecule has 0 saturated carbocycles. The Hall–Kier alpha value is -1.63. The third-order valence-electron chi connectivity index (χ3n) is 3.29. The molecule has 0 amide bonds. The lowest BCUT2D eigenvalue weighted by atomic mass is 10.1. The van der Waals surface area contributed by atoms with Crippen molar-refractivity contribution in [3.63, 3.8) is 0 Å². The molecule has 120 valence electrons. The minimum absolute atomic E-state index is 0.386. The van der Waals surface area contributed by atoms with Crippen molar-refractivity contribution >= 4 is 17.8 Å². The van der Waals surface area contributed by atoms with E-state index in [1.165, 1.54) is 12.8 Å². The third-order valence-corrected chi connectivity index (χ3v) is 3.29. The minimum atomic E-state index is 0.386. The fourth-order valence-corrected chi connectivity index (χ4v) is 2.03. The zero-order valence-corrected chi connectivity index (χ0v) is 13.7.